The number of nitrogens with zero attached hydrogens (tertiary/aromatic N) is 1. The van der Waals surface area contributed by atoms with Gasteiger partial charge in [-0.2, -0.15) is 4.31 Å². The van der Waals surface area contributed by atoms with E-state index < -0.39 is 16.1 Å². The van der Waals surface area contributed by atoms with Crippen molar-refractivity contribution in [2.75, 3.05) is 13.7 Å². The van der Waals surface area contributed by atoms with Gasteiger partial charge in [0.1, 0.15) is 11.8 Å². The molecule has 0 bridgehead atoms. The smallest absolute Gasteiger partial charge is 0.243 e. The van der Waals surface area contributed by atoms with E-state index in [0.29, 0.717) is 30.2 Å². The number of para-hydroxylation sites is 1. The van der Waals surface area contributed by atoms with Gasteiger partial charge in [0.15, 0.2) is 0 Å². The van der Waals surface area contributed by atoms with Crippen LogP contribution in [0.1, 0.15) is 31.4 Å². The van der Waals surface area contributed by atoms with Gasteiger partial charge in [-0.1, -0.05) is 29.8 Å². The van der Waals surface area contributed by atoms with Crippen molar-refractivity contribution in [2.45, 2.75) is 36.7 Å². The van der Waals surface area contributed by atoms with Crippen molar-refractivity contribution in [1.82, 2.24) is 9.62 Å². The second-order valence-corrected chi connectivity index (χ2v) is 9.03. The van der Waals surface area contributed by atoms with E-state index in [1.165, 1.54) is 28.6 Å². The Morgan fingerprint density at radius 2 is 1.89 bits per heavy atom. The molecule has 28 heavy (non-hydrogen) atoms. The number of nitrogens with one attached hydrogen (secondary N) is 1. The fraction of sp³-hybridized carbons (Fsp3) is 0.350. The first-order valence-electron chi connectivity index (χ1n) is 9.05. The first kappa shape index (κ1) is 20.6. The fourth-order valence-electron chi connectivity index (χ4n) is 3.44. The highest BCUT2D eigenvalue weighted by molar-refractivity contribution is 7.89. The molecule has 0 aromatic heterocycles. The number of carbonyl (C=O) groups is 1. The van der Waals surface area contributed by atoms with E-state index in [2.05, 4.69) is 5.32 Å². The first-order chi connectivity index (χ1) is 13.3. The number of hydrogen-bond acceptors (Lipinski definition) is 4. The monoisotopic (exact) mass is 422 g/mol. The van der Waals surface area contributed by atoms with E-state index in [0.717, 1.165) is 5.56 Å². The third-order valence-electron chi connectivity index (χ3n) is 4.89. The van der Waals surface area contributed by atoms with Gasteiger partial charge in [-0.25, -0.2) is 8.42 Å². The topological polar surface area (TPSA) is 75.7 Å². The Balaban J connectivity index is 1.78. The second kappa shape index (κ2) is 8.51. The molecule has 1 amide bonds. The van der Waals surface area contributed by atoms with E-state index in [1.807, 2.05) is 31.2 Å². The standard InChI is InChI=1S/C20H23ClN2O4S/c1-14(17-6-3-4-8-19(17)27-2)22-20(24)18-7-5-13-23(18)28(25,26)16-11-9-15(21)10-12-16/h3-4,6,8-12,14,18H,5,7,13H2,1-2H3,(H,22,24). The minimum absolute atomic E-state index is 0.134. The summed E-state index contributed by atoms with van der Waals surface area (Å²) in [5.41, 5.74) is 0.837. The Morgan fingerprint density at radius 3 is 2.57 bits per heavy atom. The van der Waals surface area contributed by atoms with Crippen LogP contribution in [0.2, 0.25) is 5.02 Å². The molecule has 2 unspecified atom stereocenters. The lowest BCUT2D eigenvalue weighted by atomic mass is 10.1. The minimum atomic E-state index is -3.77. The van der Waals surface area contributed by atoms with Crippen LogP contribution in [0.15, 0.2) is 53.4 Å². The van der Waals surface area contributed by atoms with Crippen LogP contribution < -0.4 is 10.1 Å². The SMILES string of the molecule is COc1ccccc1C(C)NC(=O)C1CCCN1S(=O)(=O)c1ccc(Cl)cc1. The Hall–Kier alpha value is -2.09. The van der Waals surface area contributed by atoms with Crippen LogP contribution in [-0.2, 0) is 14.8 Å². The summed E-state index contributed by atoms with van der Waals surface area (Å²) in [7, 11) is -2.20. The van der Waals surface area contributed by atoms with Crippen LogP contribution in [0.5, 0.6) is 5.75 Å². The summed E-state index contributed by atoms with van der Waals surface area (Å²) >= 11 is 5.86. The van der Waals surface area contributed by atoms with Gasteiger partial charge in [-0.15, -0.1) is 0 Å². The van der Waals surface area contributed by atoms with Crippen molar-refractivity contribution >= 4 is 27.5 Å². The zero-order valence-corrected chi connectivity index (χ0v) is 17.3. The number of halogens is 1. The largest absolute Gasteiger partial charge is 0.496 e. The number of ether oxygens (including phenoxy) is 1. The van der Waals surface area contributed by atoms with Crippen molar-refractivity contribution in [3.05, 3.63) is 59.1 Å². The first-order valence-corrected chi connectivity index (χ1v) is 10.9. The molecule has 1 saturated heterocycles. The molecule has 2 aromatic rings. The molecular weight excluding hydrogens is 400 g/mol. The maximum absolute atomic E-state index is 13.0. The maximum Gasteiger partial charge on any atom is 0.243 e. The Bertz CT molecular complexity index is 947. The van der Waals surface area contributed by atoms with Crippen molar-refractivity contribution in [1.29, 1.82) is 0 Å². The molecule has 0 spiro atoms. The van der Waals surface area contributed by atoms with Gasteiger partial charge in [0.25, 0.3) is 0 Å². The second-order valence-electron chi connectivity index (χ2n) is 6.70. The van der Waals surface area contributed by atoms with Gasteiger partial charge < -0.3 is 10.1 Å². The Labute approximate surface area is 170 Å². The van der Waals surface area contributed by atoms with Crippen LogP contribution in [0.3, 0.4) is 0 Å². The summed E-state index contributed by atoms with van der Waals surface area (Å²) in [5, 5.41) is 3.39. The number of carbonyl (C=O) groups excluding carboxylic acids is 1. The van der Waals surface area contributed by atoms with Crippen LogP contribution >= 0.6 is 11.6 Å². The van der Waals surface area contributed by atoms with E-state index in [-0.39, 0.29) is 16.8 Å². The molecule has 2 aromatic carbocycles. The van der Waals surface area contributed by atoms with Gasteiger partial charge in [0, 0.05) is 17.1 Å². The lowest BCUT2D eigenvalue weighted by molar-refractivity contribution is -0.124. The maximum atomic E-state index is 13.0. The number of hydrogen-bond donors (Lipinski definition) is 1. The third-order valence-corrected chi connectivity index (χ3v) is 7.07. The fourth-order valence-corrected chi connectivity index (χ4v) is 5.23. The van der Waals surface area contributed by atoms with E-state index in [9.17, 15) is 13.2 Å². The van der Waals surface area contributed by atoms with Crippen molar-refractivity contribution in [2.24, 2.45) is 0 Å². The Kier molecular flexibility index (Phi) is 6.27. The normalized spacial score (nSPS) is 18.6. The quantitative estimate of drug-likeness (QED) is 0.774. The minimum Gasteiger partial charge on any atom is -0.496 e. The predicted octanol–water partition coefficient (Wildman–Crippen LogP) is 3.38. The lowest BCUT2D eigenvalue weighted by Crippen LogP contribution is -2.46. The van der Waals surface area contributed by atoms with Gasteiger partial charge in [0.05, 0.1) is 18.0 Å². The molecule has 1 aliphatic rings. The van der Waals surface area contributed by atoms with Gasteiger partial charge in [-0.3, -0.25) is 4.79 Å². The van der Waals surface area contributed by atoms with Crippen molar-refractivity contribution < 1.29 is 17.9 Å². The molecule has 150 valence electrons. The number of methoxy groups -OCH3 is 1. The van der Waals surface area contributed by atoms with Crippen molar-refractivity contribution in [3.8, 4) is 5.75 Å². The summed E-state index contributed by atoms with van der Waals surface area (Å²) in [5.74, 6) is 0.362. The molecule has 2 atom stereocenters. The molecule has 8 heteroatoms. The van der Waals surface area contributed by atoms with E-state index in [1.54, 1.807) is 7.11 Å². The third kappa shape index (κ3) is 4.16. The lowest BCUT2D eigenvalue weighted by Gasteiger charge is -2.25. The van der Waals surface area contributed by atoms with Gasteiger partial charge in [0.2, 0.25) is 15.9 Å². The zero-order valence-electron chi connectivity index (χ0n) is 15.8. The summed E-state index contributed by atoms with van der Waals surface area (Å²) in [6, 6.07) is 12.4. The molecule has 1 aliphatic heterocycles. The molecule has 1 heterocycles. The molecule has 1 N–H and O–H groups in total. The average Bonchev–Trinajstić information content (AvgIpc) is 3.19. The summed E-state index contributed by atoms with van der Waals surface area (Å²) < 4.78 is 32.6. The summed E-state index contributed by atoms with van der Waals surface area (Å²) in [4.78, 5) is 13.0. The molecule has 3 rings (SSSR count). The molecule has 0 aliphatic carbocycles. The highest BCUT2D eigenvalue weighted by Crippen LogP contribution is 2.29. The van der Waals surface area contributed by atoms with Gasteiger partial charge in [-0.05, 0) is 50.1 Å². The Morgan fingerprint density at radius 1 is 1.21 bits per heavy atom. The molecule has 1 fully saturated rings. The van der Waals surface area contributed by atoms with E-state index in [4.69, 9.17) is 16.3 Å². The molecule has 0 saturated carbocycles. The summed E-state index contributed by atoms with van der Waals surface area (Å²) in [6.45, 7) is 2.16. The average molecular weight is 423 g/mol. The van der Waals surface area contributed by atoms with Crippen LogP contribution in [0, 0.1) is 0 Å². The van der Waals surface area contributed by atoms with Crippen LogP contribution in [-0.4, -0.2) is 38.3 Å². The number of sulfonamides is 1. The number of benzene rings is 2. The zero-order chi connectivity index (χ0) is 20.3. The van der Waals surface area contributed by atoms with Crippen LogP contribution in [0.4, 0.5) is 0 Å². The molecular formula is C20H23ClN2O4S. The number of rotatable bonds is 6. The van der Waals surface area contributed by atoms with E-state index >= 15 is 0 Å². The molecule has 0 radical (unpaired) electrons. The molecule has 6 nitrogen and oxygen atoms in total. The van der Waals surface area contributed by atoms with Crippen LogP contribution in [0.25, 0.3) is 0 Å². The highest BCUT2D eigenvalue weighted by Gasteiger charge is 2.39. The highest BCUT2D eigenvalue weighted by atomic mass is 35.5. The van der Waals surface area contributed by atoms with Crippen molar-refractivity contribution in [3.63, 3.8) is 0 Å². The number of amides is 1. The van der Waals surface area contributed by atoms with Gasteiger partial charge >= 0.3 is 0 Å². The summed E-state index contributed by atoms with van der Waals surface area (Å²) in [6.07, 6.45) is 1.12. The predicted molar refractivity (Wildman–Crippen MR) is 108 cm³/mol.